The van der Waals surface area contributed by atoms with Gasteiger partial charge < -0.3 is 9.88 Å². The molecule has 49 heavy (non-hydrogen) atoms. The molecule has 3 nitrogen and oxygen atoms in total. The van der Waals surface area contributed by atoms with Gasteiger partial charge in [0.15, 0.2) is 0 Å². The molecular weight excluding hydrogens is 595 g/mol. The number of nitrogens with zero attached hydrogens (tertiary/aromatic N) is 1. The minimum atomic E-state index is -0.0734. The highest BCUT2D eigenvalue weighted by Gasteiger charge is 2.28. The number of anilines is 1. The minimum absolute atomic E-state index is 0.0557. The summed E-state index contributed by atoms with van der Waals surface area (Å²) < 4.78 is 2.46. The van der Waals surface area contributed by atoms with Crippen molar-refractivity contribution in [2.75, 3.05) is 5.32 Å². The summed E-state index contributed by atoms with van der Waals surface area (Å²) in [5, 5.41) is 15.6. The van der Waals surface area contributed by atoms with Gasteiger partial charge in [-0.05, 0) is 80.6 Å². The summed E-state index contributed by atoms with van der Waals surface area (Å²) in [7, 11) is 0. The van der Waals surface area contributed by atoms with E-state index in [0.29, 0.717) is 5.92 Å². The van der Waals surface area contributed by atoms with Crippen molar-refractivity contribution in [3.05, 3.63) is 192 Å². The summed E-state index contributed by atoms with van der Waals surface area (Å²) in [5.41, 5.74) is 9.88. The van der Waals surface area contributed by atoms with E-state index in [1.807, 2.05) is 0 Å². The molecule has 10 rings (SSSR count). The number of nitrogens with one attached hydrogen (secondary N) is 2. The molecule has 0 fully saturated rings. The van der Waals surface area contributed by atoms with Crippen LogP contribution in [-0.4, -0.2) is 4.57 Å². The fourth-order valence-corrected chi connectivity index (χ4v) is 8.26. The van der Waals surface area contributed by atoms with Crippen molar-refractivity contribution in [2.24, 2.45) is 0 Å². The van der Waals surface area contributed by atoms with Crippen molar-refractivity contribution in [1.82, 2.24) is 9.88 Å². The second-order valence-electron chi connectivity index (χ2n) is 13.4. The van der Waals surface area contributed by atoms with Crippen molar-refractivity contribution in [3.8, 4) is 5.69 Å². The van der Waals surface area contributed by atoms with Gasteiger partial charge in [0.05, 0.1) is 17.1 Å². The van der Waals surface area contributed by atoms with Gasteiger partial charge >= 0.3 is 0 Å². The number of aromatic nitrogens is 1. The Labute approximate surface area is 285 Å². The molecular formula is C46H35N3. The average molecular weight is 630 g/mol. The Kier molecular flexibility index (Phi) is 6.53. The van der Waals surface area contributed by atoms with Gasteiger partial charge in [0.1, 0.15) is 6.17 Å². The Morgan fingerprint density at radius 1 is 0.551 bits per heavy atom. The van der Waals surface area contributed by atoms with Crippen LogP contribution in [0.25, 0.3) is 49.0 Å². The van der Waals surface area contributed by atoms with E-state index in [0.717, 1.165) is 12.1 Å². The van der Waals surface area contributed by atoms with Crippen LogP contribution in [-0.2, 0) is 0 Å². The maximum Gasteiger partial charge on any atom is 0.104 e. The second kappa shape index (κ2) is 11.4. The van der Waals surface area contributed by atoms with Crippen LogP contribution in [0.2, 0.25) is 0 Å². The third-order valence-corrected chi connectivity index (χ3v) is 10.6. The molecule has 0 saturated heterocycles. The highest BCUT2D eigenvalue weighted by Crippen LogP contribution is 2.42. The molecule has 2 N–H and O–H groups in total. The molecule has 3 atom stereocenters. The first kappa shape index (κ1) is 28.1. The fourth-order valence-electron chi connectivity index (χ4n) is 8.26. The van der Waals surface area contributed by atoms with Crippen LogP contribution in [0.15, 0.2) is 170 Å². The van der Waals surface area contributed by atoms with E-state index in [4.69, 9.17) is 0 Å². The molecule has 8 aromatic rings. The largest absolute Gasteiger partial charge is 0.366 e. The van der Waals surface area contributed by atoms with Crippen LogP contribution >= 0.6 is 0 Å². The smallest absolute Gasteiger partial charge is 0.104 e. The SMILES string of the molecule is C1=CCC(c2cccc(C3NC(c4cccc(-n5c6ccc7ccccc7c6c6c7ccccc7ccc65)c4)Nc4ccccc43)c2)C=C1. The molecule has 1 aliphatic heterocycles. The average Bonchev–Trinajstić information content (AvgIpc) is 3.53. The molecule has 3 unspecified atom stereocenters. The van der Waals surface area contributed by atoms with Crippen molar-refractivity contribution in [2.45, 2.75) is 24.5 Å². The number of benzene rings is 7. The quantitative estimate of drug-likeness (QED) is 0.203. The Morgan fingerprint density at radius 3 is 1.98 bits per heavy atom. The van der Waals surface area contributed by atoms with Crippen LogP contribution in [0.1, 0.15) is 46.8 Å². The van der Waals surface area contributed by atoms with Gasteiger partial charge in [0, 0.05) is 28.1 Å². The Morgan fingerprint density at radius 2 is 1.22 bits per heavy atom. The van der Waals surface area contributed by atoms with Gasteiger partial charge in [0.2, 0.25) is 0 Å². The zero-order chi connectivity index (χ0) is 32.3. The van der Waals surface area contributed by atoms with Gasteiger partial charge in [-0.1, -0.05) is 140 Å². The number of allylic oxidation sites excluding steroid dienone is 4. The van der Waals surface area contributed by atoms with Crippen molar-refractivity contribution >= 4 is 49.0 Å². The first-order chi connectivity index (χ1) is 24.3. The number of hydrogen-bond acceptors (Lipinski definition) is 2. The molecule has 1 aliphatic carbocycles. The first-order valence-corrected chi connectivity index (χ1v) is 17.3. The first-order valence-electron chi connectivity index (χ1n) is 17.3. The number of fused-ring (bicyclic) bond motifs is 8. The van der Waals surface area contributed by atoms with Crippen LogP contribution in [0.3, 0.4) is 0 Å². The summed E-state index contributed by atoms with van der Waals surface area (Å²) in [6.07, 6.45) is 9.87. The minimum Gasteiger partial charge on any atom is -0.366 e. The normalized spacial score (nSPS) is 18.7. The molecule has 0 amide bonds. The van der Waals surface area contributed by atoms with E-state index in [2.05, 4.69) is 185 Å². The lowest BCUT2D eigenvalue weighted by Crippen LogP contribution is -2.37. The summed E-state index contributed by atoms with van der Waals surface area (Å²) >= 11 is 0. The van der Waals surface area contributed by atoms with Gasteiger partial charge in [0.25, 0.3) is 0 Å². The lowest BCUT2D eigenvalue weighted by Gasteiger charge is -2.36. The maximum absolute atomic E-state index is 4.02. The molecule has 7 aromatic carbocycles. The maximum atomic E-state index is 4.02. The second-order valence-corrected chi connectivity index (χ2v) is 13.4. The molecule has 0 spiro atoms. The monoisotopic (exact) mass is 629 g/mol. The fraction of sp³-hybridized carbons (Fsp3) is 0.0870. The Balaban J connectivity index is 1.11. The molecule has 0 radical (unpaired) electrons. The van der Waals surface area contributed by atoms with E-state index in [1.165, 1.54) is 71.3 Å². The van der Waals surface area contributed by atoms with Gasteiger partial charge in [-0.3, -0.25) is 5.32 Å². The highest BCUT2D eigenvalue weighted by atomic mass is 15.2. The molecule has 3 heteroatoms. The van der Waals surface area contributed by atoms with Gasteiger partial charge in [-0.2, -0.15) is 0 Å². The van der Waals surface area contributed by atoms with Crippen LogP contribution < -0.4 is 10.6 Å². The lowest BCUT2D eigenvalue weighted by molar-refractivity contribution is 0.505. The third kappa shape index (κ3) is 4.62. The molecule has 0 saturated carbocycles. The molecule has 0 bridgehead atoms. The Bertz CT molecular complexity index is 2530. The van der Waals surface area contributed by atoms with Crippen LogP contribution in [0.5, 0.6) is 0 Å². The molecule has 2 heterocycles. The van der Waals surface area contributed by atoms with Crippen LogP contribution in [0, 0.1) is 0 Å². The van der Waals surface area contributed by atoms with E-state index in [9.17, 15) is 0 Å². The van der Waals surface area contributed by atoms with Crippen molar-refractivity contribution in [1.29, 1.82) is 0 Å². The lowest BCUT2D eigenvalue weighted by atomic mass is 9.88. The topological polar surface area (TPSA) is 29.0 Å². The van der Waals surface area contributed by atoms with Gasteiger partial charge in [-0.15, -0.1) is 0 Å². The van der Waals surface area contributed by atoms with E-state index < -0.39 is 0 Å². The number of hydrogen-bond donors (Lipinski definition) is 2. The summed E-state index contributed by atoms with van der Waals surface area (Å²) in [4.78, 5) is 0. The molecule has 1 aromatic heterocycles. The van der Waals surface area contributed by atoms with Crippen molar-refractivity contribution in [3.63, 3.8) is 0 Å². The Hall–Kier alpha value is -5.90. The zero-order valence-corrected chi connectivity index (χ0v) is 27.1. The number of para-hydroxylation sites is 1. The molecule has 234 valence electrons. The summed E-state index contributed by atoms with van der Waals surface area (Å²) in [6.45, 7) is 0. The standard InChI is InChI=1S/C46H35N3/c1-2-12-30(13-3-1)33-16-10-17-34(28-33)45-39-22-8-9-23-40(39)47-46(48-45)35-18-11-19-36(29-35)49-41-26-24-31-14-4-6-20-37(31)43(41)44-38-21-7-5-15-32(38)25-27-42(44)49/h1-12,14-30,45-48H,13H2. The van der Waals surface area contributed by atoms with Gasteiger partial charge in [-0.25, -0.2) is 0 Å². The predicted molar refractivity (Wildman–Crippen MR) is 206 cm³/mol. The highest BCUT2D eigenvalue weighted by molar-refractivity contribution is 6.28. The predicted octanol–water partition coefficient (Wildman–Crippen LogP) is 11.5. The third-order valence-electron chi connectivity index (χ3n) is 10.6. The summed E-state index contributed by atoms with van der Waals surface area (Å²) in [5.74, 6) is 0.412. The molecule has 2 aliphatic rings. The summed E-state index contributed by atoms with van der Waals surface area (Å²) in [6, 6.07) is 53.6. The zero-order valence-electron chi connectivity index (χ0n) is 27.1. The van der Waals surface area contributed by atoms with E-state index >= 15 is 0 Å². The van der Waals surface area contributed by atoms with E-state index in [-0.39, 0.29) is 12.2 Å². The van der Waals surface area contributed by atoms with Crippen LogP contribution in [0.4, 0.5) is 5.69 Å². The number of rotatable bonds is 4. The van der Waals surface area contributed by atoms with E-state index in [1.54, 1.807) is 0 Å². The van der Waals surface area contributed by atoms with Crippen molar-refractivity contribution < 1.29 is 0 Å².